The zero-order valence-electron chi connectivity index (χ0n) is 9.18. The molecular formula is C12H14N2O2. The Morgan fingerprint density at radius 1 is 1.56 bits per heavy atom. The van der Waals surface area contributed by atoms with Gasteiger partial charge >= 0.3 is 0 Å². The molecule has 0 unspecified atom stereocenters. The first-order valence-electron chi connectivity index (χ1n) is 5.14. The van der Waals surface area contributed by atoms with Crippen LogP contribution in [0.1, 0.15) is 23.7 Å². The van der Waals surface area contributed by atoms with Crippen LogP contribution in [-0.4, -0.2) is 29.0 Å². The summed E-state index contributed by atoms with van der Waals surface area (Å²) in [4.78, 5) is 13.4. The highest BCUT2D eigenvalue weighted by molar-refractivity contribution is 5.94. The van der Waals surface area contributed by atoms with Gasteiger partial charge in [0.15, 0.2) is 0 Å². The molecule has 0 heterocycles. The summed E-state index contributed by atoms with van der Waals surface area (Å²) in [7, 11) is 0. The quantitative estimate of drug-likeness (QED) is 0.783. The number of benzene rings is 1. The minimum atomic E-state index is -0.223. The Bertz CT molecular complexity index is 410. The van der Waals surface area contributed by atoms with Crippen molar-refractivity contribution in [3.05, 3.63) is 29.8 Å². The van der Waals surface area contributed by atoms with Crippen molar-refractivity contribution in [2.45, 2.75) is 13.3 Å². The predicted molar refractivity (Wildman–Crippen MR) is 59.9 cm³/mol. The number of phenols is 1. The lowest BCUT2D eigenvalue weighted by Crippen LogP contribution is -2.32. The van der Waals surface area contributed by atoms with Gasteiger partial charge in [-0.15, -0.1) is 0 Å². The maximum absolute atomic E-state index is 11.9. The van der Waals surface area contributed by atoms with Gasteiger partial charge in [0.1, 0.15) is 12.3 Å². The normalized spacial score (nSPS) is 9.50. The smallest absolute Gasteiger partial charge is 0.254 e. The molecule has 1 amide bonds. The van der Waals surface area contributed by atoms with Crippen molar-refractivity contribution in [2.75, 3.05) is 13.1 Å². The zero-order chi connectivity index (χ0) is 12.0. The van der Waals surface area contributed by atoms with Gasteiger partial charge < -0.3 is 10.0 Å². The third-order valence-electron chi connectivity index (χ3n) is 2.14. The summed E-state index contributed by atoms with van der Waals surface area (Å²) in [6.07, 6.45) is 0.798. The molecule has 0 aromatic heterocycles. The van der Waals surface area contributed by atoms with Gasteiger partial charge in [-0.3, -0.25) is 4.79 Å². The molecule has 0 saturated heterocycles. The average molecular weight is 218 g/mol. The van der Waals surface area contributed by atoms with Crippen LogP contribution >= 0.6 is 0 Å². The third-order valence-corrected chi connectivity index (χ3v) is 2.14. The number of rotatable bonds is 4. The largest absolute Gasteiger partial charge is 0.508 e. The minimum absolute atomic E-state index is 0.0549. The van der Waals surface area contributed by atoms with Gasteiger partial charge in [-0.05, 0) is 24.6 Å². The van der Waals surface area contributed by atoms with E-state index in [1.165, 1.54) is 17.0 Å². The van der Waals surface area contributed by atoms with Crippen LogP contribution in [0.2, 0.25) is 0 Å². The predicted octanol–water partition coefficient (Wildman–Crippen LogP) is 1.77. The van der Waals surface area contributed by atoms with Gasteiger partial charge in [0, 0.05) is 12.1 Å². The Labute approximate surface area is 94.7 Å². The molecule has 0 spiro atoms. The molecule has 4 nitrogen and oxygen atoms in total. The van der Waals surface area contributed by atoms with Gasteiger partial charge in [0.05, 0.1) is 6.07 Å². The highest BCUT2D eigenvalue weighted by atomic mass is 16.3. The number of hydrogen-bond donors (Lipinski definition) is 1. The number of carbonyl (C=O) groups excluding carboxylic acids is 1. The van der Waals surface area contributed by atoms with E-state index >= 15 is 0 Å². The zero-order valence-corrected chi connectivity index (χ0v) is 9.18. The summed E-state index contributed by atoms with van der Waals surface area (Å²) in [6, 6.07) is 8.11. The molecule has 0 aliphatic carbocycles. The standard InChI is InChI=1S/C12H14N2O2/c1-2-7-14(8-6-13)12(16)10-4-3-5-11(15)9-10/h3-5,9,15H,2,7-8H2,1H3. The molecule has 0 bridgehead atoms. The van der Waals surface area contributed by atoms with Crippen molar-refractivity contribution in [1.82, 2.24) is 4.90 Å². The lowest BCUT2D eigenvalue weighted by molar-refractivity contribution is 0.0775. The van der Waals surface area contributed by atoms with Gasteiger partial charge in [0.2, 0.25) is 0 Å². The highest BCUT2D eigenvalue weighted by Crippen LogP contribution is 2.13. The van der Waals surface area contributed by atoms with Crippen LogP contribution in [0.3, 0.4) is 0 Å². The second kappa shape index (κ2) is 5.76. The van der Waals surface area contributed by atoms with Crippen LogP contribution in [0.5, 0.6) is 5.75 Å². The monoisotopic (exact) mass is 218 g/mol. The van der Waals surface area contributed by atoms with Crippen molar-refractivity contribution in [1.29, 1.82) is 5.26 Å². The van der Waals surface area contributed by atoms with Gasteiger partial charge in [-0.2, -0.15) is 5.26 Å². The number of phenolic OH excluding ortho intramolecular Hbond substituents is 1. The number of carbonyl (C=O) groups is 1. The molecule has 1 aromatic carbocycles. The fraction of sp³-hybridized carbons (Fsp3) is 0.333. The van der Waals surface area contributed by atoms with E-state index in [2.05, 4.69) is 0 Å². The van der Waals surface area contributed by atoms with E-state index in [9.17, 15) is 9.90 Å². The molecule has 0 atom stereocenters. The molecule has 0 fully saturated rings. The summed E-state index contributed by atoms with van der Waals surface area (Å²) in [5.74, 6) is -0.168. The van der Waals surface area contributed by atoms with E-state index in [-0.39, 0.29) is 18.2 Å². The number of amides is 1. The number of nitrogens with zero attached hydrogens (tertiary/aromatic N) is 2. The minimum Gasteiger partial charge on any atom is -0.508 e. The molecule has 16 heavy (non-hydrogen) atoms. The van der Waals surface area contributed by atoms with E-state index in [1.807, 2.05) is 13.0 Å². The van der Waals surface area contributed by atoms with Gasteiger partial charge in [0.25, 0.3) is 5.91 Å². The lowest BCUT2D eigenvalue weighted by atomic mass is 10.2. The van der Waals surface area contributed by atoms with E-state index in [0.717, 1.165) is 6.42 Å². The fourth-order valence-corrected chi connectivity index (χ4v) is 1.43. The van der Waals surface area contributed by atoms with Crippen LogP contribution in [0.25, 0.3) is 0 Å². The molecular weight excluding hydrogens is 204 g/mol. The van der Waals surface area contributed by atoms with Crippen molar-refractivity contribution in [3.63, 3.8) is 0 Å². The van der Waals surface area contributed by atoms with Gasteiger partial charge in [-0.25, -0.2) is 0 Å². The van der Waals surface area contributed by atoms with E-state index in [1.54, 1.807) is 12.1 Å². The Morgan fingerprint density at radius 3 is 2.88 bits per heavy atom. The fourth-order valence-electron chi connectivity index (χ4n) is 1.43. The van der Waals surface area contributed by atoms with E-state index in [4.69, 9.17) is 5.26 Å². The Hall–Kier alpha value is -2.02. The first-order chi connectivity index (χ1) is 7.69. The Balaban J connectivity index is 2.86. The summed E-state index contributed by atoms with van der Waals surface area (Å²) in [5.41, 5.74) is 0.406. The summed E-state index contributed by atoms with van der Waals surface area (Å²) < 4.78 is 0. The second-order valence-electron chi connectivity index (χ2n) is 3.44. The first-order valence-corrected chi connectivity index (χ1v) is 5.14. The van der Waals surface area contributed by atoms with Crippen LogP contribution in [0, 0.1) is 11.3 Å². The molecule has 0 radical (unpaired) electrons. The maximum Gasteiger partial charge on any atom is 0.254 e. The molecule has 1 aromatic rings. The maximum atomic E-state index is 11.9. The van der Waals surface area contributed by atoms with Crippen molar-refractivity contribution in [2.24, 2.45) is 0 Å². The number of aromatic hydroxyl groups is 1. The van der Waals surface area contributed by atoms with Crippen LogP contribution in [0.4, 0.5) is 0 Å². The molecule has 0 aliphatic heterocycles. The second-order valence-corrected chi connectivity index (χ2v) is 3.44. The summed E-state index contributed by atoms with van der Waals surface area (Å²) >= 11 is 0. The van der Waals surface area contributed by atoms with Crippen molar-refractivity contribution >= 4 is 5.91 Å². The molecule has 4 heteroatoms. The topological polar surface area (TPSA) is 64.3 Å². The number of hydrogen-bond acceptors (Lipinski definition) is 3. The molecule has 84 valence electrons. The summed E-state index contributed by atoms with van der Waals surface area (Å²) in [5, 5.41) is 17.9. The third kappa shape index (κ3) is 2.99. The van der Waals surface area contributed by atoms with Gasteiger partial charge in [-0.1, -0.05) is 13.0 Å². The van der Waals surface area contributed by atoms with Crippen molar-refractivity contribution in [3.8, 4) is 11.8 Å². The number of nitriles is 1. The van der Waals surface area contributed by atoms with E-state index < -0.39 is 0 Å². The average Bonchev–Trinajstić information content (AvgIpc) is 2.28. The summed E-state index contributed by atoms with van der Waals surface area (Å²) in [6.45, 7) is 2.56. The lowest BCUT2D eigenvalue weighted by Gasteiger charge is -2.18. The van der Waals surface area contributed by atoms with Crippen molar-refractivity contribution < 1.29 is 9.90 Å². The van der Waals surface area contributed by atoms with Crippen LogP contribution < -0.4 is 0 Å². The van der Waals surface area contributed by atoms with Crippen LogP contribution in [-0.2, 0) is 0 Å². The van der Waals surface area contributed by atoms with Crippen LogP contribution in [0.15, 0.2) is 24.3 Å². The SMILES string of the molecule is CCCN(CC#N)C(=O)c1cccc(O)c1. The molecule has 1 N–H and O–H groups in total. The first kappa shape index (κ1) is 12.1. The Morgan fingerprint density at radius 2 is 2.31 bits per heavy atom. The Kier molecular flexibility index (Phi) is 4.34. The molecule has 1 rings (SSSR count). The molecule has 0 aliphatic rings. The highest BCUT2D eigenvalue weighted by Gasteiger charge is 2.14. The molecule has 0 saturated carbocycles. The van der Waals surface area contributed by atoms with E-state index in [0.29, 0.717) is 12.1 Å².